The van der Waals surface area contributed by atoms with Crippen LogP contribution in [0.5, 0.6) is 0 Å². The zero-order valence-electron chi connectivity index (χ0n) is 14.2. The van der Waals surface area contributed by atoms with Gasteiger partial charge in [0.25, 0.3) is 0 Å². The molecule has 2 N–H and O–H groups in total. The first-order valence-corrected chi connectivity index (χ1v) is 9.07. The molecule has 0 radical (unpaired) electrons. The summed E-state index contributed by atoms with van der Waals surface area (Å²) in [6, 6.07) is 13.8. The van der Waals surface area contributed by atoms with Crippen LogP contribution in [0.4, 0.5) is 5.69 Å². The van der Waals surface area contributed by atoms with Crippen LogP contribution in [0.3, 0.4) is 0 Å². The Bertz CT molecular complexity index is 871. The van der Waals surface area contributed by atoms with E-state index in [0.29, 0.717) is 15.7 Å². The molecule has 1 saturated heterocycles. The maximum absolute atomic E-state index is 12.3. The molecule has 0 aliphatic carbocycles. The van der Waals surface area contributed by atoms with Crippen LogP contribution in [0.1, 0.15) is 12.0 Å². The van der Waals surface area contributed by atoms with Gasteiger partial charge in [-0.25, -0.2) is 0 Å². The highest BCUT2D eigenvalue weighted by Crippen LogP contribution is 2.27. The molecule has 1 unspecified atom stereocenters. The summed E-state index contributed by atoms with van der Waals surface area (Å²) in [7, 11) is 0. The second-order valence-electron chi connectivity index (χ2n) is 6.23. The lowest BCUT2D eigenvalue weighted by Gasteiger charge is -2.17. The summed E-state index contributed by atoms with van der Waals surface area (Å²) in [4.78, 5) is 38.0. The van der Waals surface area contributed by atoms with E-state index < -0.39 is 11.8 Å². The highest BCUT2D eigenvalue weighted by molar-refractivity contribution is 6.31. The number of carbonyl (C=O) groups is 3. The molecule has 1 aliphatic heterocycles. The third-order valence-corrected chi connectivity index (χ3v) is 4.71. The third-order valence-electron chi connectivity index (χ3n) is 4.22. The SMILES string of the molecule is O=C(Cc1ccc(Cl)cc1)NNC(=O)C1CC(=O)N(c2cccc(Cl)c2)C1. The monoisotopic (exact) mass is 405 g/mol. The third kappa shape index (κ3) is 4.99. The van der Waals surface area contributed by atoms with Gasteiger partial charge in [0.2, 0.25) is 17.7 Å². The molecule has 1 atom stereocenters. The van der Waals surface area contributed by atoms with Gasteiger partial charge in [0.15, 0.2) is 0 Å². The Morgan fingerprint density at radius 1 is 1.04 bits per heavy atom. The fraction of sp³-hybridized carbons (Fsp3) is 0.211. The Labute approximate surface area is 166 Å². The number of hydrazine groups is 1. The molecule has 1 aliphatic rings. The molecule has 8 heteroatoms. The minimum atomic E-state index is -0.549. The summed E-state index contributed by atoms with van der Waals surface area (Å²) in [5.74, 6) is -1.48. The van der Waals surface area contributed by atoms with E-state index in [2.05, 4.69) is 10.9 Å². The Balaban J connectivity index is 1.52. The number of hydrogen-bond acceptors (Lipinski definition) is 3. The van der Waals surface area contributed by atoms with Crippen molar-refractivity contribution in [3.8, 4) is 0 Å². The van der Waals surface area contributed by atoms with Gasteiger partial charge in [0.05, 0.1) is 12.3 Å². The average molecular weight is 406 g/mol. The first-order valence-electron chi connectivity index (χ1n) is 8.31. The molecular formula is C19H17Cl2N3O3. The van der Waals surface area contributed by atoms with Crippen LogP contribution in [0.2, 0.25) is 10.0 Å². The van der Waals surface area contributed by atoms with Crippen LogP contribution in [0.25, 0.3) is 0 Å². The summed E-state index contributed by atoms with van der Waals surface area (Å²) in [6.45, 7) is 0.234. The van der Waals surface area contributed by atoms with Gasteiger partial charge >= 0.3 is 0 Å². The van der Waals surface area contributed by atoms with Gasteiger partial charge < -0.3 is 4.90 Å². The first-order chi connectivity index (χ1) is 12.9. The molecule has 2 aromatic carbocycles. The molecule has 0 spiro atoms. The number of halogens is 2. The maximum Gasteiger partial charge on any atom is 0.243 e. The Morgan fingerprint density at radius 2 is 1.78 bits per heavy atom. The predicted octanol–water partition coefficient (Wildman–Crippen LogP) is 2.74. The van der Waals surface area contributed by atoms with E-state index >= 15 is 0 Å². The minimum absolute atomic E-state index is 0.0748. The lowest BCUT2D eigenvalue weighted by molar-refractivity contribution is -0.131. The van der Waals surface area contributed by atoms with Gasteiger partial charge in [-0.2, -0.15) is 0 Å². The standard InChI is InChI=1S/C19H17Cl2N3O3/c20-14-6-4-12(5-7-14)8-17(25)22-23-19(27)13-9-18(26)24(11-13)16-3-1-2-15(21)10-16/h1-7,10,13H,8-9,11H2,(H,22,25)(H,23,27). The van der Waals surface area contributed by atoms with E-state index in [9.17, 15) is 14.4 Å². The maximum atomic E-state index is 12.3. The Hall–Kier alpha value is -2.57. The lowest BCUT2D eigenvalue weighted by Crippen LogP contribution is -2.45. The van der Waals surface area contributed by atoms with Crippen molar-refractivity contribution < 1.29 is 14.4 Å². The summed E-state index contributed by atoms with van der Waals surface area (Å²) in [6.07, 6.45) is 0.182. The molecule has 3 amide bonds. The van der Waals surface area contributed by atoms with Gasteiger partial charge in [0, 0.05) is 28.7 Å². The number of carbonyl (C=O) groups excluding carboxylic acids is 3. The quantitative estimate of drug-likeness (QED) is 0.767. The Morgan fingerprint density at radius 3 is 2.48 bits per heavy atom. The highest BCUT2D eigenvalue weighted by atomic mass is 35.5. The van der Waals surface area contributed by atoms with Gasteiger partial charge in [0.1, 0.15) is 0 Å². The van der Waals surface area contributed by atoms with Crippen molar-refractivity contribution >= 4 is 46.6 Å². The molecule has 0 aromatic heterocycles. The van der Waals surface area contributed by atoms with Crippen LogP contribution in [0, 0.1) is 5.92 Å². The molecule has 6 nitrogen and oxygen atoms in total. The first kappa shape index (κ1) is 19.2. The lowest BCUT2D eigenvalue weighted by atomic mass is 10.1. The number of hydrogen-bond donors (Lipinski definition) is 2. The van der Waals surface area contributed by atoms with Crippen molar-refractivity contribution in [1.29, 1.82) is 0 Å². The van der Waals surface area contributed by atoms with Crippen molar-refractivity contribution in [3.63, 3.8) is 0 Å². The molecule has 1 heterocycles. The molecule has 2 aromatic rings. The van der Waals surface area contributed by atoms with Gasteiger partial charge in [-0.3, -0.25) is 25.2 Å². The molecule has 1 fully saturated rings. The van der Waals surface area contributed by atoms with E-state index in [4.69, 9.17) is 23.2 Å². The van der Waals surface area contributed by atoms with E-state index in [0.717, 1.165) is 5.56 Å². The number of rotatable bonds is 4. The normalized spacial score (nSPS) is 16.3. The van der Waals surface area contributed by atoms with Crippen molar-refractivity contribution in [2.24, 2.45) is 5.92 Å². The van der Waals surface area contributed by atoms with E-state index in [1.54, 1.807) is 48.5 Å². The van der Waals surface area contributed by atoms with Crippen LogP contribution >= 0.6 is 23.2 Å². The fourth-order valence-corrected chi connectivity index (χ4v) is 3.15. The highest BCUT2D eigenvalue weighted by Gasteiger charge is 2.35. The van der Waals surface area contributed by atoms with Gasteiger partial charge in [-0.15, -0.1) is 0 Å². The molecule has 140 valence electrons. The smallest absolute Gasteiger partial charge is 0.243 e. The number of benzene rings is 2. The summed E-state index contributed by atoms with van der Waals surface area (Å²) >= 11 is 11.8. The zero-order valence-corrected chi connectivity index (χ0v) is 15.8. The summed E-state index contributed by atoms with van der Waals surface area (Å²) in [5, 5.41) is 1.10. The van der Waals surface area contributed by atoms with Crippen LogP contribution in [-0.2, 0) is 20.8 Å². The van der Waals surface area contributed by atoms with Crippen molar-refractivity contribution in [2.75, 3.05) is 11.4 Å². The largest absolute Gasteiger partial charge is 0.312 e. The summed E-state index contributed by atoms with van der Waals surface area (Å²) in [5.41, 5.74) is 6.19. The molecule has 3 rings (SSSR count). The number of anilines is 1. The molecule has 0 saturated carbocycles. The molecular weight excluding hydrogens is 389 g/mol. The average Bonchev–Trinajstić information content (AvgIpc) is 3.03. The minimum Gasteiger partial charge on any atom is -0.312 e. The van der Waals surface area contributed by atoms with Crippen molar-refractivity contribution in [3.05, 3.63) is 64.1 Å². The summed E-state index contributed by atoms with van der Waals surface area (Å²) < 4.78 is 0. The molecule has 27 heavy (non-hydrogen) atoms. The number of nitrogens with one attached hydrogen (secondary N) is 2. The van der Waals surface area contributed by atoms with E-state index in [1.165, 1.54) is 4.90 Å². The second kappa shape index (κ2) is 8.41. The van der Waals surface area contributed by atoms with E-state index in [1.807, 2.05) is 0 Å². The van der Waals surface area contributed by atoms with Crippen LogP contribution in [-0.4, -0.2) is 24.3 Å². The van der Waals surface area contributed by atoms with Crippen LogP contribution < -0.4 is 15.8 Å². The van der Waals surface area contributed by atoms with Crippen molar-refractivity contribution in [2.45, 2.75) is 12.8 Å². The van der Waals surface area contributed by atoms with Gasteiger partial charge in [-0.05, 0) is 35.9 Å². The zero-order chi connectivity index (χ0) is 19.4. The predicted molar refractivity (Wildman–Crippen MR) is 103 cm³/mol. The number of nitrogens with zero attached hydrogens (tertiary/aromatic N) is 1. The number of amides is 3. The van der Waals surface area contributed by atoms with Gasteiger partial charge in [-0.1, -0.05) is 41.4 Å². The topological polar surface area (TPSA) is 78.5 Å². The van der Waals surface area contributed by atoms with Crippen LogP contribution in [0.15, 0.2) is 48.5 Å². The Kier molecular flexibility index (Phi) is 5.98. The molecule has 0 bridgehead atoms. The van der Waals surface area contributed by atoms with Crippen molar-refractivity contribution in [1.82, 2.24) is 10.9 Å². The second-order valence-corrected chi connectivity index (χ2v) is 7.10. The fourth-order valence-electron chi connectivity index (χ4n) is 2.84. The van der Waals surface area contributed by atoms with E-state index in [-0.39, 0.29) is 31.2 Å².